The van der Waals surface area contributed by atoms with Crippen molar-refractivity contribution in [1.82, 2.24) is 19.6 Å². The summed E-state index contributed by atoms with van der Waals surface area (Å²) >= 11 is 0. The molecule has 3 heterocycles. The summed E-state index contributed by atoms with van der Waals surface area (Å²) in [5.41, 5.74) is 2.17. The summed E-state index contributed by atoms with van der Waals surface area (Å²) in [4.78, 5) is 11.2. The van der Waals surface area contributed by atoms with E-state index in [4.69, 9.17) is 9.47 Å². The summed E-state index contributed by atoms with van der Waals surface area (Å²) in [6, 6.07) is 10.2. The number of nitrogens with zero attached hydrogens (tertiary/aromatic N) is 5. The van der Waals surface area contributed by atoms with Crippen molar-refractivity contribution >= 4 is 11.6 Å². The van der Waals surface area contributed by atoms with Gasteiger partial charge in [-0.1, -0.05) is 25.5 Å². The van der Waals surface area contributed by atoms with Gasteiger partial charge in [-0.25, -0.2) is 4.98 Å². The fourth-order valence-electron chi connectivity index (χ4n) is 3.35. The molecule has 7 nitrogen and oxygen atoms in total. The minimum atomic E-state index is -0.0137. The molecule has 0 unspecified atom stereocenters. The van der Waals surface area contributed by atoms with E-state index in [0.717, 1.165) is 48.8 Å². The molecule has 0 bridgehead atoms. The number of anilines is 1. The molecular weight excluding hydrogens is 330 g/mol. The van der Waals surface area contributed by atoms with Gasteiger partial charge in [-0.3, -0.25) is 0 Å². The van der Waals surface area contributed by atoms with Crippen molar-refractivity contribution in [2.45, 2.75) is 25.9 Å². The number of morpholine rings is 1. The number of hydrogen-bond acceptors (Lipinski definition) is 6. The number of aryl methyl sites for hydroxylation is 1. The molecule has 4 rings (SSSR count). The summed E-state index contributed by atoms with van der Waals surface area (Å²) < 4.78 is 13.2. The van der Waals surface area contributed by atoms with E-state index in [1.807, 2.05) is 22.7 Å². The Hall–Kier alpha value is -2.67. The number of ether oxygens (including phenoxy) is 2. The summed E-state index contributed by atoms with van der Waals surface area (Å²) in [6.45, 7) is 4.37. The third-order valence-corrected chi connectivity index (χ3v) is 4.65. The smallest absolute Gasteiger partial charge is 0.254 e. The van der Waals surface area contributed by atoms with E-state index < -0.39 is 0 Å². The summed E-state index contributed by atoms with van der Waals surface area (Å²) in [6.07, 6.45) is 3.52. The molecule has 1 atom stereocenters. The van der Waals surface area contributed by atoms with Gasteiger partial charge in [0.15, 0.2) is 0 Å². The lowest BCUT2D eigenvalue weighted by atomic mass is 10.1. The standard InChI is InChI=1S/C19H23N5O2/c1-3-5-15-11-18(24-19(22-15)20-13-21-24)23-8-9-26-17(12-23)14-6-4-7-16(10-14)25-2/h4,6-7,10-11,13,17H,3,5,8-9,12H2,1-2H3/t17-/m0/s1. The summed E-state index contributed by atoms with van der Waals surface area (Å²) in [5.74, 6) is 2.51. The quantitative estimate of drug-likeness (QED) is 0.703. The van der Waals surface area contributed by atoms with Gasteiger partial charge >= 0.3 is 0 Å². The Kier molecular flexibility index (Phi) is 4.71. The molecule has 1 fully saturated rings. The topological polar surface area (TPSA) is 64.8 Å². The van der Waals surface area contributed by atoms with Crippen LogP contribution in [0.3, 0.4) is 0 Å². The Labute approximate surface area is 152 Å². The van der Waals surface area contributed by atoms with Crippen molar-refractivity contribution in [1.29, 1.82) is 0 Å². The second-order valence-corrected chi connectivity index (χ2v) is 6.41. The van der Waals surface area contributed by atoms with Gasteiger partial charge in [0.1, 0.15) is 24.0 Å². The highest BCUT2D eigenvalue weighted by atomic mass is 16.5. The van der Waals surface area contributed by atoms with Crippen LogP contribution in [-0.4, -0.2) is 46.4 Å². The van der Waals surface area contributed by atoms with Gasteiger partial charge in [0.25, 0.3) is 5.78 Å². The zero-order valence-electron chi connectivity index (χ0n) is 15.1. The maximum absolute atomic E-state index is 6.03. The fourth-order valence-corrected chi connectivity index (χ4v) is 3.35. The van der Waals surface area contributed by atoms with E-state index in [2.05, 4.69) is 39.0 Å². The molecule has 3 aromatic rings. The van der Waals surface area contributed by atoms with Crippen LogP contribution in [0.2, 0.25) is 0 Å². The zero-order chi connectivity index (χ0) is 17.9. The van der Waals surface area contributed by atoms with E-state index in [9.17, 15) is 0 Å². The average Bonchev–Trinajstić information content (AvgIpc) is 3.16. The molecule has 26 heavy (non-hydrogen) atoms. The number of methoxy groups -OCH3 is 1. The highest BCUT2D eigenvalue weighted by molar-refractivity contribution is 5.48. The lowest BCUT2D eigenvalue weighted by Crippen LogP contribution is -2.39. The van der Waals surface area contributed by atoms with Crippen molar-refractivity contribution in [3.63, 3.8) is 0 Å². The molecular formula is C19H23N5O2. The zero-order valence-corrected chi connectivity index (χ0v) is 15.1. The molecule has 0 radical (unpaired) electrons. The van der Waals surface area contributed by atoms with Crippen molar-refractivity contribution in [2.75, 3.05) is 31.7 Å². The Bertz CT molecular complexity index is 895. The maximum Gasteiger partial charge on any atom is 0.254 e. The average molecular weight is 353 g/mol. The van der Waals surface area contributed by atoms with Gasteiger partial charge in [-0.2, -0.15) is 14.6 Å². The van der Waals surface area contributed by atoms with Crippen LogP contribution in [0.4, 0.5) is 5.82 Å². The van der Waals surface area contributed by atoms with Crippen molar-refractivity contribution in [3.05, 3.63) is 47.9 Å². The molecule has 7 heteroatoms. The first kappa shape index (κ1) is 16.8. The molecule has 0 spiro atoms. The largest absolute Gasteiger partial charge is 0.497 e. The van der Waals surface area contributed by atoms with Gasteiger partial charge in [-0.15, -0.1) is 0 Å². The summed E-state index contributed by atoms with van der Waals surface area (Å²) in [7, 11) is 1.68. The minimum Gasteiger partial charge on any atom is -0.497 e. The van der Waals surface area contributed by atoms with Crippen molar-refractivity contribution in [3.8, 4) is 5.75 Å². The van der Waals surface area contributed by atoms with E-state index in [1.165, 1.54) is 0 Å². The molecule has 2 aromatic heterocycles. The molecule has 1 aromatic carbocycles. The Balaban J connectivity index is 1.65. The van der Waals surface area contributed by atoms with Gasteiger partial charge in [0.05, 0.1) is 13.7 Å². The van der Waals surface area contributed by atoms with Gasteiger partial charge in [0.2, 0.25) is 0 Å². The van der Waals surface area contributed by atoms with Crippen LogP contribution >= 0.6 is 0 Å². The Morgan fingerprint density at radius 3 is 3.08 bits per heavy atom. The SMILES string of the molecule is CCCc1cc(N2CCO[C@H](c3cccc(OC)c3)C2)n2ncnc2n1. The molecule has 136 valence electrons. The number of benzene rings is 1. The highest BCUT2D eigenvalue weighted by Gasteiger charge is 2.25. The molecule has 1 saturated heterocycles. The van der Waals surface area contributed by atoms with E-state index >= 15 is 0 Å². The van der Waals surface area contributed by atoms with E-state index in [-0.39, 0.29) is 6.10 Å². The first-order valence-electron chi connectivity index (χ1n) is 8.98. The number of aromatic nitrogens is 4. The number of fused-ring (bicyclic) bond motifs is 1. The van der Waals surface area contributed by atoms with Crippen LogP contribution in [0.5, 0.6) is 5.75 Å². The molecule has 0 aliphatic carbocycles. The van der Waals surface area contributed by atoms with Crippen LogP contribution in [0, 0.1) is 0 Å². The third kappa shape index (κ3) is 3.22. The fraction of sp³-hybridized carbons (Fsp3) is 0.421. The van der Waals surface area contributed by atoms with Crippen LogP contribution < -0.4 is 9.64 Å². The second kappa shape index (κ2) is 7.29. The van der Waals surface area contributed by atoms with E-state index in [0.29, 0.717) is 12.4 Å². The predicted octanol–water partition coefficient (Wildman–Crippen LogP) is 2.66. The third-order valence-electron chi connectivity index (χ3n) is 4.65. The Morgan fingerprint density at radius 1 is 1.31 bits per heavy atom. The van der Waals surface area contributed by atoms with Crippen LogP contribution in [0.15, 0.2) is 36.7 Å². The number of rotatable bonds is 5. The molecule has 1 aliphatic heterocycles. The molecule has 1 aliphatic rings. The predicted molar refractivity (Wildman–Crippen MR) is 98.7 cm³/mol. The first-order chi connectivity index (χ1) is 12.8. The minimum absolute atomic E-state index is 0.0137. The molecule has 0 saturated carbocycles. The van der Waals surface area contributed by atoms with Crippen molar-refractivity contribution in [2.24, 2.45) is 0 Å². The van der Waals surface area contributed by atoms with Crippen LogP contribution in [0.1, 0.15) is 30.7 Å². The monoisotopic (exact) mass is 353 g/mol. The summed E-state index contributed by atoms with van der Waals surface area (Å²) in [5, 5.41) is 4.36. The number of hydrogen-bond donors (Lipinski definition) is 0. The molecule has 0 N–H and O–H groups in total. The van der Waals surface area contributed by atoms with Gasteiger partial charge in [0, 0.05) is 24.8 Å². The lowest BCUT2D eigenvalue weighted by Gasteiger charge is -2.34. The highest BCUT2D eigenvalue weighted by Crippen LogP contribution is 2.28. The van der Waals surface area contributed by atoms with Crippen molar-refractivity contribution < 1.29 is 9.47 Å². The first-order valence-corrected chi connectivity index (χ1v) is 8.98. The normalized spacial score (nSPS) is 17.6. The maximum atomic E-state index is 6.03. The van der Waals surface area contributed by atoms with Crippen LogP contribution in [-0.2, 0) is 11.2 Å². The second-order valence-electron chi connectivity index (χ2n) is 6.41. The molecule has 0 amide bonds. The Morgan fingerprint density at radius 2 is 2.23 bits per heavy atom. The van der Waals surface area contributed by atoms with Gasteiger partial charge < -0.3 is 14.4 Å². The lowest BCUT2D eigenvalue weighted by molar-refractivity contribution is 0.0392. The van der Waals surface area contributed by atoms with Gasteiger partial charge in [-0.05, 0) is 24.1 Å². The van der Waals surface area contributed by atoms with Crippen LogP contribution in [0.25, 0.3) is 5.78 Å². The van der Waals surface area contributed by atoms with E-state index in [1.54, 1.807) is 13.4 Å².